The van der Waals surface area contributed by atoms with E-state index in [-0.39, 0.29) is 11.9 Å². The molecule has 2 atom stereocenters. The molecule has 1 amide bonds. The maximum absolute atomic E-state index is 12.7. The second kappa shape index (κ2) is 9.73. The third-order valence-corrected chi connectivity index (χ3v) is 7.13. The van der Waals surface area contributed by atoms with Crippen molar-refractivity contribution in [3.63, 3.8) is 0 Å². The molecule has 1 fully saturated rings. The van der Waals surface area contributed by atoms with E-state index in [4.69, 9.17) is 9.40 Å². The average molecular weight is 435 g/mol. The van der Waals surface area contributed by atoms with E-state index in [9.17, 15) is 4.79 Å². The zero-order valence-electron chi connectivity index (χ0n) is 18.5. The highest BCUT2D eigenvalue weighted by Crippen LogP contribution is 2.28. The molecule has 2 aromatic carbocycles. The minimum absolute atomic E-state index is 0.00377. The van der Waals surface area contributed by atoms with Crippen LogP contribution in [0.4, 0.5) is 0 Å². The number of hydrogen-bond donors (Lipinski definition) is 1. The first-order chi connectivity index (χ1) is 15.0. The number of amides is 1. The molecule has 162 valence electrons. The molecule has 31 heavy (non-hydrogen) atoms. The Morgan fingerprint density at radius 3 is 2.48 bits per heavy atom. The number of hydrogen-bond acceptors (Lipinski definition) is 4. The van der Waals surface area contributed by atoms with Crippen LogP contribution in [0.1, 0.15) is 60.0 Å². The van der Waals surface area contributed by atoms with Gasteiger partial charge in [-0.05, 0) is 69.0 Å². The van der Waals surface area contributed by atoms with Crippen LogP contribution in [0, 0.1) is 19.8 Å². The summed E-state index contributed by atoms with van der Waals surface area (Å²) in [6, 6.07) is 16.3. The summed E-state index contributed by atoms with van der Waals surface area (Å²) in [4.78, 5) is 18.6. The number of nitrogens with one attached hydrogen (secondary N) is 1. The van der Waals surface area contributed by atoms with Crippen LogP contribution in [0.5, 0.6) is 0 Å². The maximum atomic E-state index is 12.7. The highest BCUT2D eigenvalue weighted by molar-refractivity contribution is 7.98. The van der Waals surface area contributed by atoms with Gasteiger partial charge in [-0.3, -0.25) is 4.79 Å². The first-order valence-electron chi connectivity index (χ1n) is 11.1. The number of thioether (sulfide) groups is 1. The fourth-order valence-corrected chi connectivity index (χ4v) is 4.92. The number of benzene rings is 2. The summed E-state index contributed by atoms with van der Waals surface area (Å²) >= 11 is 1.75. The fourth-order valence-electron chi connectivity index (χ4n) is 4.02. The van der Waals surface area contributed by atoms with E-state index in [1.54, 1.807) is 11.8 Å². The summed E-state index contributed by atoms with van der Waals surface area (Å²) in [6.07, 6.45) is 4.73. The van der Waals surface area contributed by atoms with Gasteiger partial charge in [0.05, 0.1) is 5.69 Å². The molecule has 3 aromatic rings. The van der Waals surface area contributed by atoms with Gasteiger partial charge < -0.3 is 9.73 Å². The summed E-state index contributed by atoms with van der Waals surface area (Å²) in [5.74, 6) is 2.75. The lowest BCUT2D eigenvalue weighted by atomic mass is 9.86. The lowest BCUT2D eigenvalue weighted by Gasteiger charge is -2.29. The van der Waals surface area contributed by atoms with Gasteiger partial charge in [-0.15, -0.1) is 11.8 Å². The van der Waals surface area contributed by atoms with Crippen LogP contribution in [-0.4, -0.2) is 16.9 Å². The van der Waals surface area contributed by atoms with Crippen LogP contribution in [-0.2, 0) is 5.75 Å². The van der Waals surface area contributed by atoms with E-state index in [2.05, 4.69) is 43.4 Å². The third-order valence-electron chi connectivity index (χ3n) is 6.11. The van der Waals surface area contributed by atoms with E-state index in [0.29, 0.717) is 17.4 Å². The molecule has 1 N–H and O–H groups in total. The zero-order valence-corrected chi connectivity index (χ0v) is 19.3. The molecule has 0 saturated heterocycles. The number of carbonyl (C=O) groups is 1. The van der Waals surface area contributed by atoms with E-state index in [1.807, 2.05) is 31.2 Å². The number of aryl methyl sites for hydroxylation is 2. The van der Waals surface area contributed by atoms with Gasteiger partial charge in [0.25, 0.3) is 5.91 Å². The van der Waals surface area contributed by atoms with E-state index in [0.717, 1.165) is 29.2 Å². The Kier molecular flexibility index (Phi) is 6.81. The first-order valence-corrected chi connectivity index (χ1v) is 12.1. The van der Waals surface area contributed by atoms with Crippen LogP contribution in [0.15, 0.2) is 57.8 Å². The lowest BCUT2D eigenvalue weighted by Crippen LogP contribution is -2.41. The van der Waals surface area contributed by atoms with Crippen molar-refractivity contribution in [3.05, 3.63) is 71.1 Å². The highest BCUT2D eigenvalue weighted by atomic mass is 32.2. The van der Waals surface area contributed by atoms with Crippen LogP contribution in [0.2, 0.25) is 0 Å². The van der Waals surface area contributed by atoms with Crippen LogP contribution < -0.4 is 5.32 Å². The Morgan fingerprint density at radius 2 is 1.77 bits per heavy atom. The summed E-state index contributed by atoms with van der Waals surface area (Å²) < 4.78 is 5.92. The molecule has 1 saturated carbocycles. The molecule has 0 radical (unpaired) electrons. The molecular weight excluding hydrogens is 404 g/mol. The normalized spacial score (nSPS) is 18.7. The second-order valence-corrected chi connectivity index (χ2v) is 9.59. The van der Waals surface area contributed by atoms with Gasteiger partial charge in [-0.25, -0.2) is 4.98 Å². The average Bonchev–Trinajstić information content (AvgIpc) is 3.15. The number of carbonyl (C=O) groups excluding carboxylic acids is 1. The topological polar surface area (TPSA) is 55.1 Å². The van der Waals surface area contributed by atoms with Gasteiger partial charge in [-0.2, -0.15) is 0 Å². The largest absolute Gasteiger partial charge is 0.441 e. The SMILES string of the molecule is Cc1ccc(SCc2nc(-c3ccc(C(=O)NC4CCCCC4C)cc3)oc2C)cc1. The Balaban J connectivity index is 1.40. The molecule has 0 bridgehead atoms. The smallest absolute Gasteiger partial charge is 0.251 e. The van der Waals surface area contributed by atoms with Gasteiger partial charge in [0.15, 0.2) is 0 Å². The lowest BCUT2D eigenvalue weighted by molar-refractivity contribution is 0.0910. The Hall–Kier alpha value is -2.53. The summed E-state index contributed by atoms with van der Waals surface area (Å²) in [7, 11) is 0. The van der Waals surface area contributed by atoms with Crippen molar-refractivity contribution in [2.75, 3.05) is 0 Å². The predicted octanol–water partition coefficient (Wildman–Crippen LogP) is 6.56. The molecule has 2 unspecified atom stereocenters. The molecule has 4 rings (SSSR count). The van der Waals surface area contributed by atoms with Crippen molar-refractivity contribution in [1.29, 1.82) is 0 Å². The summed E-state index contributed by atoms with van der Waals surface area (Å²) in [5.41, 5.74) is 3.78. The van der Waals surface area contributed by atoms with E-state index >= 15 is 0 Å². The van der Waals surface area contributed by atoms with Crippen molar-refractivity contribution in [2.45, 2.75) is 63.1 Å². The van der Waals surface area contributed by atoms with E-state index < -0.39 is 0 Å². The zero-order chi connectivity index (χ0) is 21.8. The molecule has 5 heteroatoms. The highest BCUT2D eigenvalue weighted by Gasteiger charge is 2.23. The quantitative estimate of drug-likeness (QED) is 0.446. The van der Waals surface area contributed by atoms with Crippen molar-refractivity contribution in [3.8, 4) is 11.5 Å². The van der Waals surface area contributed by atoms with Crippen molar-refractivity contribution >= 4 is 17.7 Å². The van der Waals surface area contributed by atoms with Gasteiger partial charge in [-0.1, -0.05) is 37.5 Å². The number of oxazole rings is 1. The molecular formula is C26H30N2O2S. The van der Waals surface area contributed by atoms with Crippen LogP contribution >= 0.6 is 11.8 Å². The predicted molar refractivity (Wildman–Crippen MR) is 126 cm³/mol. The number of nitrogens with zero attached hydrogens (tertiary/aromatic N) is 1. The molecule has 1 aromatic heterocycles. The Morgan fingerprint density at radius 1 is 1.06 bits per heavy atom. The first kappa shape index (κ1) is 21.7. The van der Waals surface area contributed by atoms with Crippen molar-refractivity contribution < 1.29 is 9.21 Å². The molecule has 4 nitrogen and oxygen atoms in total. The van der Waals surface area contributed by atoms with Crippen molar-refractivity contribution in [1.82, 2.24) is 10.3 Å². The maximum Gasteiger partial charge on any atom is 0.251 e. The monoisotopic (exact) mass is 434 g/mol. The molecule has 0 spiro atoms. The number of aromatic nitrogens is 1. The molecule has 1 aliphatic rings. The molecule has 1 heterocycles. The van der Waals surface area contributed by atoms with Crippen LogP contribution in [0.3, 0.4) is 0 Å². The van der Waals surface area contributed by atoms with Gasteiger partial charge in [0.2, 0.25) is 5.89 Å². The Bertz CT molecular complexity index is 1020. The number of rotatable bonds is 6. The minimum atomic E-state index is 0.00377. The van der Waals surface area contributed by atoms with Gasteiger partial charge in [0, 0.05) is 27.8 Å². The minimum Gasteiger partial charge on any atom is -0.441 e. The third kappa shape index (κ3) is 5.40. The van der Waals surface area contributed by atoms with Gasteiger partial charge >= 0.3 is 0 Å². The second-order valence-electron chi connectivity index (χ2n) is 8.54. The summed E-state index contributed by atoms with van der Waals surface area (Å²) in [6.45, 7) is 6.27. The standard InChI is InChI=1S/C26H30N2O2S/c1-17-8-14-22(15-9-17)31-16-24-19(3)30-26(28-24)21-12-10-20(11-13-21)25(29)27-23-7-5-4-6-18(23)2/h8-15,18,23H,4-7,16H2,1-3H3,(H,27,29). The fraction of sp³-hybridized carbons (Fsp3) is 0.385. The summed E-state index contributed by atoms with van der Waals surface area (Å²) in [5, 5.41) is 3.21. The molecule has 1 aliphatic carbocycles. The molecule has 0 aliphatic heterocycles. The van der Waals surface area contributed by atoms with Crippen molar-refractivity contribution in [2.24, 2.45) is 5.92 Å². The van der Waals surface area contributed by atoms with Crippen LogP contribution in [0.25, 0.3) is 11.5 Å². The Labute approximate surface area is 188 Å². The van der Waals surface area contributed by atoms with E-state index in [1.165, 1.54) is 29.7 Å². The van der Waals surface area contributed by atoms with Gasteiger partial charge in [0.1, 0.15) is 5.76 Å².